The highest BCUT2D eigenvalue weighted by Gasteiger charge is 2.66. The number of hydrogen-bond acceptors (Lipinski definition) is 4. The number of rotatable bonds is 3. The molecule has 0 saturated heterocycles. The third kappa shape index (κ3) is 2.98. The lowest BCUT2D eigenvalue weighted by molar-refractivity contribution is -0.199. The predicted molar refractivity (Wildman–Crippen MR) is 111 cm³/mol. The molecule has 0 bridgehead atoms. The number of carbonyl (C=O) groups excluding carboxylic acids is 1. The van der Waals surface area contributed by atoms with Crippen LogP contribution in [-0.2, 0) is 6.42 Å². The van der Waals surface area contributed by atoms with E-state index in [2.05, 4.69) is 38.7 Å². The number of hydrogen-bond donors (Lipinski definition) is 0. The highest BCUT2D eigenvalue weighted by Crippen LogP contribution is 2.58. The highest BCUT2D eigenvalue weighted by molar-refractivity contribution is 6.31. The molecule has 1 aromatic heterocycles. The topological polar surface area (TPSA) is 66.2 Å². The molecule has 1 aliphatic carbocycles. The molecule has 1 fully saturated rings. The summed E-state index contributed by atoms with van der Waals surface area (Å²) in [6.45, 7) is 9.27. The molecule has 0 unspecified atom stereocenters. The number of benzene rings is 1. The zero-order valence-electron chi connectivity index (χ0n) is 17.1. The van der Waals surface area contributed by atoms with Crippen LogP contribution in [0.5, 0.6) is 5.75 Å². The standard InChI is InChI=1S/C23H24ClN3O2/c1-22(2)20(27-10-8-14-7-9-26-13-17(14)19(27)28)23(3,4)21(22)29-16-6-5-15(12-25)18(24)11-16/h5-7,9,11,13,20-21H,8,10H2,1-4H3. The first-order valence-electron chi connectivity index (χ1n) is 9.78. The number of nitrogens with zero attached hydrogens (tertiary/aromatic N) is 3. The smallest absolute Gasteiger partial charge is 0.256 e. The maximum atomic E-state index is 13.2. The van der Waals surface area contributed by atoms with E-state index in [1.165, 1.54) is 0 Å². The van der Waals surface area contributed by atoms with Gasteiger partial charge in [-0.1, -0.05) is 39.3 Å². The van der Waals surface area contributed by atoms with Crippen LogP contribution in [0.15, 0.2) is 36.7 Å². The number of aromatic nitrogens is 1. The van der Waals surface area contributed by atoms with Gasteiger partial charge in [-0.25, -0.2) is 0 Å². The van der Waals surface area contributed by atoms with Gasteiger partial charge in [-0.3, -0.25) is 9.78 Å². The van der Waals surface area contributed by atoms with E-state index < -0.39 is 0 Å². The predicted octanol–water partition coefficient (Wildman–Crippen LogP) is 4.49. The Labute approximate surface area is 176 Å². The molecular weight excluding hydrogens is 386 g/mol. The fourth-order valence-corrected chi connectivity index (χ4v) is 5.80. The average molecular weight is 410 g/mol. The van der Waals surface area contributed by atoms with Gasteiger partial charge in [-0.15, -0.1) is 0 Å². The number of halogens is 1. The van der Waals surface area contributed by atoms with Gasteiger partial charge in [-0.05, 0) is 30.2 Å². The van der Waals surface area contributed by atoms with Crippen molar-refractivity contribution in [2.45, 2.75) is 46.3 Å². The van der Waals surface area contributed by atoms with Gasteiger partial charge in [0.15, 0.2) is 0 Å². The number of fused-ring (bicyclic) bond motifs is 1. The van der Waals surface area contributed by atoms with Crippen molar-refractivity contribution in [2.75, 3.05) is 6.54 Å². The van der Waals surface area contributed by atoms with Crippen molar-refractivity contribution in [2.24, 2.45) is 10.8 Å². The average Bonchev–Trinajstić information content (AvgIpc) is 2.68. The van der Waals surface area contributed by atoms with Crippen LogP contribution < -0.4 is 4.74 Å². The third-order valence-corrected chi connectivity index (χ3v) is 6.72. The Balaban J connectivity index is 1.60. The van der Waals surface area contributed by atoms with E-state index in [4.69, 9.17) is 21.6 Å². The Morgan fingerprint density at radius 1 is 1.24 bits per heavy atom. The van der Waals surface area contributed by atoms with Crippen molar-refractivity contribution in [3.63, 3.8) is 0 Å². The first-order valence-corrected chi connectivity index (χ1v) is 10.2. The van der Waals surface area contributed by atoms with Gasteiger partial charge in [0, 0.05) is 41.9 Å². The Bertz CT molecular complexity index is 1010. The van der Waals surface area contributed by atoms with Gasteiger partial charge in [0.05, 0.1) is 16.1 Å². The Morgan fingerprint density at radius 2 is 1.97 bits per heavy atom. The normalized spacial score (nSPS) is 24.3. The molecule has 1 saturated carbocycles. The lowest BCUT2D eigenvalue weighted by atomic mass is 9.48. The highest BCUT2D eigenvalue weighted by atomic mass is 35.5. The van der Waals surface area contributed by atoms with E-state index in [1.807, 2.05) is 11.0 Å². The second-order valence-corrected chi connectivity index (χ2v) is 9.49. The molecule has 29 heavy (non-hydrogen) atoms. The molecule has 0 spiro atoms. The monoisotopic (exact) mass is 409 g/mol. The van der Waals surface area contributed by atoms with Crippen LogP contribution in [0.1, 0.15) is 49.2 Å². The summed E-state index contributed by atoms with van der Waals surface area (Å²) in [5.74, 6) is 0.684. The van der Waals surface area contributed by atoms with Gasteiger partial charge >= 0.3 is 0 Å². The number of amides is 1. The molecule has 1 aliphatic heterocycles. The van der Waals surface area contributed by atoms with E-state index in [0.717, 1.165) is 12.0 Å². The minimum Gasteiger partial charge on any atom is -0.489 e. The van der Waals surface area contributed by atoms with E-state index in [0.29, 0.717) is 28.4 Å². The molecule has 6 heteroatoms. The van der Waals surface area contributed by atoms with Crippen molar-refractivity contribution >= 4 is 17.5 Å². The first-order chi connectivity index (χ1) is 13.7. The van der Waals surface area contributed by atoms with Gasteiger partial charge in [0.1, 0.15) is 17.9 Å². The number of carbonyl (C=O) groups is 1. The minimum atomic E-state index is -0.251. The molecule has 2 aromatic rings. The van der Waals surface area contributed by atoms with Crippen LogP contribution in [0.3, 0.4) is 0 Å². The number of nitriles is 1. The Kier molecular flexibility index (Phi) is 4.59. The molecular formula is C23H24ClN3O2. The summed E-state index contributed by atoms with van der Waals surface area (Å²) in [4.78, 5) is 19.3. The molecule has 2 heterocycles. The Morgan fingerprint density at radius 3 is 2.62 bits per heavy atom. The van der Waals surface area contributed by atoms with E-state index >= 15 is 0 Å². The van der Waals surface area contributed by atoms with Crippen LogP contribution in [0, 0.1) is 22.2 Å². The second-order valence-electron chi connectivity index (χ2n) is 9.08. The van der Waals surface area contributed by atoms with Crippen molar-refractivity contribution in [1.29, 1.82) is 5.26 Å². The van der Waals surface area contributed by atoms with Crippen molar-refractivity contribution < 1.29 is 9.53 Å². The lowest BCUT2D eigenvalue weighted by Crippen LogP contribution is -2.75. The van der Waals surface area contributed by atoms with E-state index in [1.54, 1.807) is 30.6 Å². The SMILES string of the molecule is CC1(C)C(Oc2ccc(C#N)c(Cl)c2)C(C)(C)C1N1CCc2ccncc2C1=O. The summed E-state index contributed by atoms with van der Waals surface area (Å²) in [5, 5.41) is 9.45. The maximum Gasteiger partial charge on any atom is 0.256 e. The molecule has 0 N–H and O–H groups in total. The zero-order chi connectivity index (χ0) is 21.0. The van der Waals surface area contributed by atoms with Crippen LogP contribution in [0.25, 0.3) is 0 Å². The molecule has 5 nitrogen and oxygen atoms in total. The quantitative estimate of drug-likeness (QED) is 0.749. The minimum absolute atomic E-state index is 0.0368. The molecule has 2 aliphatic rings. The van der Waals surface area contributed by atoms with Gasteiger partial charge in [-0.2, -0.15) is 5.26 Å². The van der Waals surface area contributed by atoms with Crippen molar-refractivity contribution in [3.05, 3.63) is 58.4 Å². The molecule has 0 atom stereocenters. The molecule has 1 aromatic carbocycles. The summed E-state index contributed by atoms with van der Waals surface area (Å²) in [5.41, 5.74) is 1.69. The summed E-state index contributed by atoms with van der Waals surface area (Å²) in [6, 6.07) is 9.17. The van der Waals surface area contributed by atoms with Gasteiger partial charge in [0.2, 0.25) is 0 Å². The summed E-state index contributed by atoms with van der Waals surface area (Å²) < 4.78 is 6.34. The molecule has 1 amide bonds. The van der Waals surface area contributed by atoms with Crippen LogP contribution in [-0.4, -0.2) is 34.5 Å². The third-order valence-electron chi connectivity index (χ3n) is 6.41. The van der Waals surface area contributed by atoms with Crippen LogP contribution >= 0.6 is 11.6 Å². The summed E-state index contributed by atoms with van der Waals surface area (Å²) in [7, 11) is 0. The number of pyridine rings is 1. The van der Waals surface area contributed by atoms with E-state index in [-0.39, 0.29) is 28.9 Å². The fourth-order valence-electron chi connectivity index (χ4n) is 5.59. The maximum absolute atomic E-state index is 13.2. The summed E-state index contributed by atoms with van der Waals surface area (Å²) in [6.07, 6.45) is 4.15. The molecule has 150 valence electrons. The second kappa shape index (κ2) is 6.74. The fraction of sp³-hybridized carbons (Fsp3) is 0.435. The number of ether oxygens (including phenoxy) is 1. The largest absolute Gasteiger partial charge is 0.489 e. The zero-order valence-corrected chi connectivity index (χ0v) is 17.8. The van der Waals surface area contributed by atoms with Crippen molar-refractivity contribution in [3.8, 4) is 11.8 Å². The Hall–Kier alpha value is -2.58. The molecule has 4 rings (SSSR count). The van der Waals surface area contributed by atoms with Gasteiger partial charge in [0.25, 0.3) is 5.91 Å². The van der Waals surface area contributed by atoms with Crippen LogP contribution in [0.4, 0.5) is 0 Å². The first kappa shape index (κ1) is 19.7. The summed E-state index contributed by atoms with van der Waals surface area (Å²) >= 11 is 6.17. The van der Waals surface area contributed by atoms with Crippen LogP contribution in [0.2, 0.25) is 5.02 Å². The lowest BCUT2D eigenvalue weighted by Gasteiger charge is -2.66. The van der Waals surface area contributed by atoms with Crippen molar-refractivity contribution in [1.82, 2.24) is 9.88 Å². The molecule has 0 radical (unpaired) electrons. The van der Waals surface area contributed by atoms with E-state index in [9.17, 15) is 4.79 Å². The van der Waals surface area contributed by atoms with Gasteiger partial charge < -0.3 is 9.64 Å².